The molecule has 28 heavy (non-hydrogen) atoms. The molecule has 3 aromatic rings. The Morgan fingerprint density at radius 1 is 1.07 bits per heavy atom. The smallest absolute Gasteiger partial charge is 0.336 e. The third-order valence-electron chi connectivity index (χ3n) is 4.85. The Labute approximate surface area is 160 Å². The van der Waals surface area contributed by atoms with Crippen molar-refractivity contribution in [3.05, 3.63) is 63.5 Å². The van der Waals surface area contributed by atoms with E-state index in [4.69, 9.17) is 9.15 Å². The highest BCUT2D eigenvalue weighted by Gasteiger charge is 2.23. The van der Waals surface area contributed by atoms with Crippen LogP contribution < -0.4 is 20.6 Å². The van der Waals surface area contributed by atoms with E-state index < -0.39 is 5.63 Å². The molecule has 0 saturated heterocycles. The Morgan fingerprint density at radius 2 is 1.86 bits per heavy atom. The Hall–Kier alpha value is -3.61. The van der Waals surface area contributed by atoms with Crippen LogP contribution in [0.4, 0.5) is 11.4 Å². The van der Waals surface area contributed by atoms with Gasteiger partial charge in [-0.15, -0.1) is 0 Å². The Morgan fingerprint density at radius 3 is 2.64 bits per heavy atom. The van der Waals surface area contributed by atoms with Crippen LogP contribution in [0.25, 0.3) is 11.0 Å². The van der Waals surface area contributed by atoms with Crippen molar-refractivity contribution in [1.82, 2.24) is 0 Å². The molecular formula is C21H18N2O5. The largest absolute Gasteiger partial charge is 0.482 e. The number of nitrogens with one attached hydrogen (secondary N) is 1. The van der Waals surface area contributed by atoms with Gasteiger partial charge in [0.15, 0.2) is 6.61 Å². The van der Waals surface area contributed by atoms with Crippen molar-refractivity contribution < 1.29 is 18.7 Å². The summed E-state index contributed by atoms with van der Waals surface area (Å²) in [7, 11) is 1.65. The molecular weight excluding hydrogens is 360 g/mol. The van der Waals surface area contributed by atoms with Gasteiger partial charge in [0.1, 0.15) is 11.3 Å². The molecule has 0 unspecified atom stereocenters. The van der Waals surface area contributed by atoms with E-state index in [9.17, 15) is 14.4 Å². The second-order valence-electron chi connectivity index (χ2n) is 6.79. The number of carbonyl (C=O) groups excluding carboxylic acids is 2. The number of benzene rings is 2. The molecule has 2 amide bonds. The zero-order valence-corrected chi connectivity index (χ0v) is 15.7. The molecule has 0 radical (unpaired) electrons. The minimum atomic E-state index is -0.406. The quantitative estimate of drug-likeness (QED) is 0.693. The van der Waals surface area contributed by atoms with Gasteiger partial charge in [-0.2, -0.15) is 0 Å². The number of likely N-dealkylation sites (N-methyl/N-ethyl adjacent to an activating group) is 1. The van der Waals surface area contributed by atoms with Crippen molar-refractivity contribution in [2.24, 2.45) is 0 Å². The Bertz CT molecular complexity index is 1200. The lowest BCUT2D eigenvalue weighted by molar-refractivity contribution is -0.120. The molecule has 2 aromatic carbocycles. The molecule has 0 saturated carbocycles. The van der Waals surface area contributed by atoms with E-state index >= 15 is 0 Å². The zero-order valence-electron chi connectivity index (χ0n) is 15.7. The van der Waals surface area contributed by atoms with Crippen LogP contribution in [-0.2, 0) is 4.79 Å². The van der Waals surface area contributed by atoms with Crippen LogP contribution in [0.1, 0.15) is 21.5 Å². The van der Waals surface area contributed by atoms with Gasteiger partial charge < -0.3 is 19.4 Å². The van der Waals surface area contributed by atoms with Crippen molar-refractivity contribution >= 4 is 34.2 Å². The molecule has 0 spiro atoms. The van der Waals surface area contributed by atoms with E-state index in [2.05, 4.69) is 5.32 Å². The highest BCUT2D eigenvalue weighted by atomic mass is 16.5. The predicted molar refractivity (Wildman–Crippen MR) is 105 cm³/mol. The summed E-state index contributed by atoms with van der Waals surface area (Å²) in [5.74, 6) is 0.0743. The molecule has 7 heteroatoms. The number of aryl methyl sites for hydroxylation is 2. The number of fused-ring (bicyclic) bond motifs is 2. The van der Waals surface area contributed by atoms with Gasteiger partial charge in [-0.1, -0.05) is 0 Å². The van der Waals surface area contributed by atoms with E-state index in [0.717, 1.165) is 16.5 Å². The highest BCUT2D eigenvalue weighted by Crippen LogP contribution is 2.32. The third kappa shape index (κ3) is 3.00. The predicted octanol–water partition coefficient (Wildman–Crippen LogP) is 3.02. The number of carbonyl (C=O) groups is 2. The first-order chi connectivity index (χ1) is 13.3. The number of ether oxygens (including phenoxy) is 1. The number of hydrogen-bond acceptors (Lipinski definition) is 5. The summed E-state index contributed by atoms with van der Waals surface area (Å²) in [6.07, 6.45) is 0. The number of hydrogen-bond donors (Lipinski definition) is 1. The van der Waals surface area contributed by atoms with Gasteiger partial charge in [-0.3, -0.25) is 9.59 Å². The van der Waals surface area contributed by atoms with Gasteiger partial charge in [-0.05, 0) is 55.3 Å². The van der Waals surface area contributed by atoms with E-state index in [1.807, 2.05) is 13.8 Å². The van der Waals surface area contributed by atoms with Crippen LogP contribution in [0, 0.1) is 13.8 Å². The van der Waals surface area contributed by atoms with E-state index in [1.165, 1.54) is 11.0 Å². The maximum Gasteiger partial charge on any atom is 0.336 e. The second-order valence-corrected chi connectivity index (χ2v) is 6.79. The summed E-state index contributed by atoms with van der Waals surface area (Å²) in [6, 6.07) is 9.89. The lowest BCUT2D eigenvalue weighted by atomic mass is 10.1. The number of nitrogens with zero attached hydrogens (tertiary/aromatic N) is 1. The summed E-state index contributed by atoms with van der Waals surface area (Å²) in [5.41, 5.74) is 3.18. The molecule has 4 rings (SSSR count). The molecule has 0 aliphatic carbocycles. The van der Waals surface area contributed by atoms with Gasteiger partial charge in [-0.25, -0.2) is 4.79 Å². The minimum Gasteiger partial charge on any atom is -0.482 e. The third-order valence-corrected chi connectivity index (χ3v) is 4.85. The fraction of sp³-hybridized carbons (Fsp3) is 0.190. The molecule has 0 atom stereocenters. The Kier molecular flexibility index (Phi) is 4.15. The van der Waals surface area contributed by atoms with Crippen LogP contribution in [0.2, 0.25) is 0 Å². The maximum absolute atomic E-state index is 12.8. The Balaban J connectivity index is 1.68. The van der Waals surface area contributed by atoms with E-state index in [1.54, 1.807) is 37.4 Å². The van der Waals surface area contributed by atoms with Crippen LogP contribution >= 0.6 is 0 Å². The molecule has 7 nitrogen and oxygen atoms in total. The SMILES string of the molecule is Cc1cc2oc(=O)cc(C)c2cc1NC(=O)c1ccc2c(c1)N(C)C(=O)CO2. The van der Waals surface area contributed by atoms with Gasteiger partial charge in [0.05, 0.1) is 5.69 Å². The van der Waals surface area contributed by atoms with Crippen molar-refractivity contribution in [2.45, 2.75) is 13.8 Å². The molecule has 0 fully saturated rings. The monoisotopic (exact) mass is 378 g/mol. The van der Waals surface area contributed by atoms with Gasteiger partial charge in [0, 0.05) is 29.8 Å². The van der Waals surface area contributed by atoms with Crippen LogP contribution in [0.15, 0.2) is 45.6 Å². The standard InChI is InChI=1S/C21H18N2O5/c1-11-7-20(25)28-18-6-12(2)15(9-14(11)18)22-21(26)13-4-5-17-16(8-13)23(3)19(24)10-27-17/h4-9H,10H2,1-3H3,(H,22,26). The van der Waals surface area contributed by atoms with Crippen LogP contribution in [0.3, 0.4) is 0 Å². The normalized spacial score (nSPS) is 13.2. The lowest BCUT2D eigenvalue weighted by Crippen LogP contribution is -2.35. The van der Waals surface area contributed by atoms with Crippen molar-refractivity contribution in [3.63, 3.8) is 0 Å². The number of amides is 2. The highest BCUT2D eigenvalue weighted by molar-refractivity contribution is 6.07. The summed E-state index contributed by atoms with van der Waals surface area (Å²) in [6.45, 7) is 3.63. The summed E-state index contributed by atoms with van der Waals surface area (Å²) in [5, 5.41) is 3.64. The average molecular weight is 378 g/mol. The number of anilines is 2. The minimum absolute atomic E-state index is 0.0131. The van der Waals surface area contributed by atoms with Gasteiger partial charge in [0.25, 0.3) is 11.8 Å². The van der Waals surface area contributed by atoms with Crippen molar-refractivity contribution in [2.75, 3.05) is 23.9 Å². The molecule has 2 heterocycles. The average Bonchev–Trinajstić information content (AvgIpc) is 2.65. The maximum atomic E-state index is 12.8. The fourth-order valence-corrected chi connectivity index (χ4v) is 3.21. The zero-order chi connectivity index (χ0) is 20.0. The van der Waals surface area contributed by atoms with Crippen molar-refractivity contribution in [1.29, 1.82) is 0 Å². The summed E-state index contributed by atoms with van der Waals surface area (Å²) < 4.78 is 10.6. The van der Waals surface area contributed by atoms with E-state index in [-0.39, 0.29) is 18.4 Å². The molecule has 1 aliphatic rings. The van der Waals surface area contributed by atoms with E-state index in [0.29, 0.717) is 28.3 Å². The lowest BCUT2D eigenvalue weighted by Gasteiger charge is -2.26. The topological polar surface area (TPSA) is 88.9 Å². The summed E-state index contributed by atoms with van der Waals surface area (Å²) >= 11 is 0. The summed E-state index contributed by atoms with van der Waals surface area (Å²) in [4.78, 5) is 37.6. The van der Waals surface area contributed by atoms with Gasteiger partial charge in [0.2, 0.25) is 0 Å². The fourth-order valence-electron chi connectivity index (χ4n) is 3.21. The molecule has 0 bridgehead atoms. The molecule has 1 N–H and O–H groups in total. The first-order valence-corrected chi connectivity index (χ1v) is 8.73. The van der Waals surface area contributed by atoms with Crippen LogP contribution in [-0.4, -0.2) is 25.5 Å². The van der Waals surface area contributed by atoms with Gasteiger partial charge >= 0.3 is 5.63 Å². The molecule has 142 valence electrons. The molecule has 1 aliphatic heterocycles. The van der Waals surface area contributed by atoms with Crippen LogP contribution in [0.5, 0.6) is 5.75 Å². The van der Waals surface area contributed by atoms with Crippen molar-refractivity contribution in [3.8, 4) is 5.75 Å². The molecule has 1 aromatic heterocycles. The number of rotatable bonds is 2. The second kappa shape index (κ2) is 6.53. The first-order valence-electron chi connectivity index (χ1n) is 8.73. The first kappa shape index (κ1) is 17.8.